The highest BCUT2D eigenvalue weighted by molar-refractivity contribution is 4.77. The van der Waals surface area contributed by atoms with Crippen molar-refractivity contribution < 1.29 is 19.7 Å². The zero-order valence-corrected chi connectivity index (χ0v) is 8.12. The molecule has 4 atom stereocenters. The molecule has 1 aliphatic rings. The number of nitrogens with zero attached hydrogens (tertiary/aromatic N) is 6. The van der Waals surface area contributed by atoms with E-state index in [2.05, 4.69) is 20.1 Å². The van der Waals surface area contributed by atoms with E-state index in [-0.39, 0.29) is 13.1 Å². The van der Waals surface area contributed by atoms with Gasteiger partial charge in [0, 0.05) is 9.82 Å². The van der Waals surface area contributed by atoms with E-state index in [0.29, 0.717) is 0 Å². The number of hydrogen-bond donors (Lipinski definition) is 2. The van der Waals surface area contributed by atoms with Gasteiger partial charge in [-0.3, -0.25) is 0 Å². The molecule has 1 heterocycles. The first kappa shape index (κ1) is 12.5. The predicted molar refractivity (Wildman–Crippen MR) is 49.8 cm³/mol. The van der Waals surface area contributed by atoms with Gasteiger partial charge in [-0.2, -0.15) is 0 Å². The first-order chi connectivity index (χ1) is 7.69. The number of rotatable bonds is 4. The van der Waals surface area contributed by atoms with Crippen molar-refractivity contribution in [3.63, 3.8) is 0 Å². The fourth-order valence-electron chi connectivity index (χ4n) is 1.17. The van der Waals surface area contributed by atoms with Crippen LogP contribution in [-0.4, -0.2) is 48.1 Å². The Labute approximate surface area is 89.6 Å². The van der Waals surface area contributed by atoms with Crippen LogP contribution in [0, 0.1) is 0 Å². The molecule has 2 N–H and O–H groups in total. The van der Waals surface area contributed by atoms with Gasteiger partial charge in [0.2, 0.25) is 0 Å². The SMILES string of the molecule is [N-]=[N+]=NCC1OC(O)C(CN=[N+]=[N-])OC1O. The second-order valence-electron chi connectivity index (χ2n) is 2.96. The lowest BCUT2D eigenvalue weighted by Crippen LogP contribution is -2.51. The van der Waals surface area contributed by atoms with Crippen molar-refractivity contribution in [1.82, 2.24) is 0 Å². The van der Waals surface area contributed by atoms with E-state index >= 15 is 0 Å². The average Bonchev–Trinajstić information content (AvgIpc) is 2.28. The molecule has 0 aromatic carbocycles. The summed E-state index contributed by atoms with van der Waals surface area (Å²) in [7, 11) is 0. The van der Waals surface area contributed by atoms with Gasteiger partial charge in [0.1, 0.15) is 12.2 Å². The van der Waals surface area contributed by atoms with Crippen LogP contribution in [-0.2, 0) is 9.47 Å². The van der Waals surface area contributed by atoms with Gasteiger partial charge in [0.25, 0.3) is 0 Å². The quantitative estimate of drug-likeness (QED) is 0.396. The Bertz CT molecular complexity index is 293. The molecule has 88 valence electrons. The van der Waals surface area contributed by atoms with Crippen LogP contribution in [0.3, 0.4) is 0 Å². The van der Waals surface area contributed by atoms with Crippen LogP contribution in [0.5, 0.6) is 0 Å². The summed E-state index contributed by atoms with van der Waals surface area (Å²) >= 11 is 0. The van der Waals surface area contributed by atoms with Crippen molar-refractivity contribution in [2.75, 3.05) is 13.1 Å². The lowest BCUT2D eigenvalue weighted by molar-refractivity contribution is -0.324. The highest BCUT2D eigenvalue weighted by atomic mass is 16.7. The molecular formula is C6H10N6O4. The molecule has 0 radical (unpaired) electrons. The molecule has 0 amide bonds. The molecular weight excluding hydrogens is 220 g/mol. The molecule has 1 rings (SSSR count). The fraction of sp³-hybridized carbons (Fsp3) is 1.00. The molecule has 10 heteroatoms. The number of ether oxygens (including phenoxy) is 2. The molecule has 4 unspecified atom stereocenters. The van der Waals surface area contributed by atoms with E-state index in [9.17, 15) is 10.2 Å². The topological polar surface area (TPSA) is 156 Å². The third-order valence-corrected chi connectivity index (χ3v) is 1.91. The summed E-state index contributed by atoms with van der Waals surface area (Å²) < 4.78 is 9.89. The lowest BCUT2D eigenvalue weighted by Gasteiger charge is -2.35. The van der Waals surface area contributed by atoms with Crippen LogP contribution in [0.1, 0.15) is 0 Å². The van der Waals surface area contributed by atoms with Crippen LogP contribution in [0.25, 0.3) is 20.9 Å². The Kier molecular flexibility index (Phi) is 4.80. The third-order valence-electron chi connectivity index (χ3n) is 1.91. The maximum Gasteiger partial charge on any atom is 0.181 e. The van der Waals surface area contributed by atoms with Crippen molar-refractivity contribution in [2.24, 2.45) is 10.2 Å². The van der Waals surface area contributed by atoms with E-state index in [1.165, 1.54) is 0 Å². The highest BCUT2D eigenvalue weighted by Crippen LogP contribution is 2.18. The molecule has 0 aromatic rings. The zero-order chi connectivity index (χ0) is 12.0. The van der Waals surface area contributed by atoms with Crippen molar-refractivity contribution in [3.05, 3.63) is 20.9 Å². The number of aliphatic hydroxyl groups excluding tert-OH is 2. The molecule has 1 fully saturated rings. The van der Waals surface area contributed by atoms with Crippen LogP contribution in [0.4, 0.5) is 0 Å². The molecule has 16 heavy (non-hydrogen) atoms. The lowest BCUT2D eigenvalue weighted by atomic mass is 10.2. The molecule has 0 bridgehead atoms. The highest BCUT2D eigenvalue weighted by Gasteiger charge is 2.36. The predicted octanol–water partition coefficient (Wildman–Crippen LogP) is 0.0278. The molecule has 10 nitrogen and oxygen atoms in total. The Morgan fingerprint density at radius 1 is 0.938 bits per heavy atom. The number of hydrogen-bond acceptors (Lipinski definition) is 6. The Balaban J connectivity index is 2.55. The standard InChI is InChI=1S/C6H10N6O4/c7-11-9-1-3-5(13)16-4(2-10-12-8)6(14)15-3/h3-6,13-14H,1-2H2. The maximum absolute atomic E-state index is 9.41. The smallest absolute Gasteiger partial charge is 0.181 e. The summed E-state index contributed by atoms with van der Waals surface area (Å²) in [6.07, 6.45) is -4.55. The van der Waals surface area contributed by atoms with Crippen molar-refractivity contribution >= 4 is 0 Å². The van der Waals surface area contributed by atoms with Crippen LogP contribution in [0.2, 0.25) is 0 Å². The summed E-state index contributed by atoms with van der Waals surface area (Å²) in [6.45, 7) is -0.327. The van der Waals surface area contributed by atoms with E-state index in [0.717, 1.165) is 0 Å². The minimum absolute atomic E-state index is 0.164. The number of azide groups is 2. The average molecular weight is 230 g/mol. The molecule has 0 aromatic heterocycles. The largest absolute Gasteiger partial charge is 0.366 e. The minimum atomic E-state index is -1.34. The summed E-state index contributed by atoms with van der Waals surface area (Å²) in [5, 5.41) is 25.2. The van der Waals surface area contributed by atoms with Gasteiger partial charge in [-0.1, -0.05) is 10.2 Å². The van der Waals surface area contributed by atoms with Gasteiger partial charge < -0.3 is 19.7 Å². The van der Waals surface area contributed by atoms with E-state index < -0.39 is 24.8 Å². The van der Waals surface area contributed by atoms with Crippen molar-refractivity contribution in [1.29, 1.82) is 0 Å². The van der Waals surface area contributed by atoms with Gasteiger partial charge in [-0.05, 0) is 11.1 Å². The van der Waals surface area contributed by atoms with Crippen molar-refractivity contribution in [3.8, 4) is 0 Å². The number of aliphatic hydroxyl groups is 2. The second-order valence-corrected chi connectivity index (χ2v) is 2.96. The third kappa shape index (κ3) is 3.24. The minimum Gasteiger partial charge on any atom is -0.366 e. The Morgan fingerprint density at radius 2 is 1.31 bits per heavy atom. The molecule has 0 saturated carbocycles. The van der Waals surface area contributed by atoms with Crippen molar-refractivity contribution in [2.45, 2.75) is 24.8 Å². The molecule has 0 aliphatic carbocycles. The molecule has 1 saturated heterocycles. The normalized spacial score (nSPS) is 33.6. The first-order valence-electron chi connectivity index (χ1n) is 4.37. The molecule has 1 aliphatic heterocycles. The van der Waals surface area contributed by atoms with E-state index in [4.69, 9.17) is 20.5 Å². The first-order valence-corrected chi connectivity index (χ1v) is 4.37. The Morgan fingerprint density at radius 3 is 1.62 bits per heavy atom. The van der Waals surface area contributed by atoms with Gasteiger partial charge in [0.05, 0.1) is 13.1 Å². The van der Waals surface area contributed by atoms with Crippen LogP contribution < -0.4 is 0 Å². The summed E-state index contributed by atoms with van der Waals surface area (Å²) in [5.74, 6) is 0. The van der Waals surface area contributed by atoms with Crippen LogP contribution in [0.15, 0.2) is 10.2 Å². The summed E-state index contributed by atoms with van der Waals surface area (Å²) in [4.78, 5) is 4.98. The summed E-state index contributed by atoms with van der Waals surface area (Å²) in [5.41, 5.74) is 16.2. The fourth-order valence-corrected chi connectivity index (χ4v) is 1.17. The second kappa shape index (κ2) is 6.13. The zero-order valence-electron chi connectivity index (χ0n) is 8.12. The van der Waals surface area contributed by atoms with E-state index in [1.807, 2.05) is 0 Å². The summed E-state index contributed by atoms with van der Waals surface area (Å²) in [6, 6.07) is 0. The van der Waals surface area contributed by atoms with Gasteiger partial charge >= 0.3 is 0 Å². The van der Waals surface area contributed by atoms with Gasteiger partial charge in [0.15, 0.2) is 12.6 Å². The monoisotopic (exact) mass is 230 g/mol. The molecule has 0 spiro atoms. The van der Waals surface area contributed by atoms with Gasteiger partial charge in [-0.15, -0.1) is 0 Å². The maximum atomic E-state index is 9.41. The van der Waals surface area contributed by atoms with Gasteiger partial charge in [-0.25, -0.2) is 0 Å². The van der Waals surface area contributed by atoms with E-state index in [1.54, 1.807) is 0 Å². The Hall–Kier alpha value is -1.54. The van der Waals surface area contributed by atoms with Crippen LogP contribution >= 0.6 is 0 Å².